The van der Waals surface area contributed by atoms with Gasteiger partial charge in [0.1, 0.15) is 5.56 Å². The summed E-state index contributed by atoms with van der Waals surface area (Å²) in [4.78, 5) is 21.1. The zero-order valence-corrected chi connectivity index (χ0v) is 11.0. The van der Waals surface area contributed by atoms with Gasteiger partial charge in [0.15, 0.2) is 0 Å². The molecule has 0 heterocycles. The van der Waals surface area contributed by atoms with Crippen LogP contribution in [-0.4, -0.2) is 22.6 Å². The maximum atomic E-state index is 10.9. The number of carbonyl (C=O) groups is 1. The second kappa shape index (κ2) is 6.84. The normalized spacial score (nSPS) is 12.1. The summed E-state index contributed by atoms with van der Waals surface area (Å²) in [6.45, 7) is 4.40. The van der Waals surface area contributed by atoms with Crippen LogP contribution in [0.1, 0.15) is 48.7 Å². The van der Waals surface area contributed by atoms with Gasteiger partial charge in [-0.3, -0.25) is 10.1 Å². The molecule has 0 spiro atoms. The Morgan fingerprint density at radius 1 is 1.53 bits per heavy atom. The number of ether oxygens (including phenoxy) is 1. The third kappa shape index (κ3) is 4.03. The molecule has 0 aliphatic heterocycles. The maximum Gasteiger partial charge on any atom is 0.342 e. The zero-order valence-electron chi connectivity index (χ0n) is 11.0. The SMILES string of the molecule is CCCCOC(C)c1ccc(C(=O)O)c([N+](=O)[O-])c1. The Labute approximate surface area is 111 Å². The minimum atomic E-state index is -1.31. The van der Waals surface area contributed by atoms with Crippen LogP contribution in [0, 0.1) is 10.1 Å². The molecule has 1 atom stereocenters. The standard InChI is InChI=1S/C13H17NO5/c1-3-4-7-19-9(2)10-5-6-11(13(15)16)12(8-10)14(17)18/h5-6,8-9H,3-4,7H2,1-2H3,(H,15,16). The van der Waals surface area contributed by atoms with Gasteiger partial charge in [-0.15, -0.1) is 0 Å². The molecule has 0 saturated heterocycles. The first-order valence-electron chi connectivity index (χ1n) is 6.10. The van der Waals surface area contributed by atoms with Crippen molar-refractivity contribution in [2.45, 2.75) is 32.8 Å². The zero-order chi connectivity index (χ0) is 14.4. The highest BCUT2D eigenvalue weighted by Crippen LogP contribution is 2.25. The average molecular weight is 267 g/mol. The molecule has 0 aromatic heterocycles. The smallest absolute Gasteiger partial charge is 0.342 e. The molecule has 0 bridgehead atoms. The van der Waals surface area contributed by atoms with Crippen LogP contribution in [0.5, 0.6) is 0 Å². The first kappa shape index (κ1) is 15.1. The van der Waals surface area contributed by atoms with Crippen molar-refractivity contribution in [1.82, 2.24) is 0 Å². The molecule has 1 rings (SSSR count). The molecule has 0 saturated carbocycles. The lowest BCUT2D eigenvalue weighted by atomic mass is 10.1. The molecule has 0 aliphatic carbocycles. The second-order valence-electron chi connectivity index (χ2n) is 4.21. The van der Waals surface area contributed by atoms with E-state index in [2.05, 4.69) is 0 Å². The molecular formula is C13H17NO5. The van der Waals surface area contributed by atoms with Gasteiger partial charge in [0.25, 0.3) is 5.69 Å². The van der Waals surface area contributed by atoms with Crippen molar-refractivity contribution in [3.8, 4) is 0 Å². The summed E-state index contributed by atoms with van der Waals surface area (Å²) in [6, 6.07) is 4.06. The van der Waals surface area contributed by atoms with E-state index < -0.39 is 16.6 Å². The van der Waals surface area contributed by atoms with E-state index in [9.17, 15) is 14.9 Å². The number of nitrogens with zero attached hydrogens (tertiary/aromatic N) is 1. The van der Waals surface area contributed by atoms with Crippen LogP contribution < -0.4 is 0 Å². The highest BCUT2D eigenvalue weighted by molar-refractivity contribution is 5.92. The van der Waals surface area contributed by atoms with E-state index in [4.69, 9.17) is 9.84 Å². The summed E-state index contributed by atoms with van der Waals surface area (Å²) in [6.07, 6.45) is 1.62. The highest BCUT2D eigenvalue weighted by atomic mass is 16.6. The fourth-order valence-corrected chi connectivity index (χ4v) is 1.63. The highest BCUT2D eigenvalue weighted by Gasteiger charge is 2.21. The minimum absolute atomic E-state index is 0.298. The summed E-state index contributed by atoms with van der Waals surface area (Å²) >= 11 is 0. The van der Waals surface area contributed by atoms with Gasteiger partial charge >= 0.3 is 5.97 Å². The first-order valence-corrected chi connectivity index (χ1v) is 6.10. The van der Waals surface area contributed by atoms with Gasteiger partial charge in [-0.25, -0.2) is 4.79 Å². The van der Waals surface area contributed by atoms with E-state index in [1.54, 1.807) is 13.0 Å². The number of carboxylic acid groups (broad SMARTS) is 1. The third-order valence-corrected chi connectivity index (χ3v) is 2.78. The van der Waals surface area contributed by atoms with E-state index in [1.165, 1.54) is 12.1 Å². The van der Waals surface area contributed by atoms with Crippen molar-refractivity contribution in [1.29, 1.82) is 0 Å². The van der Waals surface area contributed by atoms with Crippen LogP contribution in [0.4, 0.5) is 5.69 Å². The van der Waals surface area contributed by atoms with Crippen molar-refractivity contribution in [3.63, 3.8) is 0 Å². The van der Waals surface area contributed by atoms with Gasteiger partial charge in [0.2, 0.25) is 0 Å². The second-order valence-corrected chi connectivity index (χ2v) is 4.21. The quantitative estimate of drug-likeness (QED) is 0.465. The van der Waals surface area contributed by atoms with Crippen LogP contribution >= 0.6 is 0 Å². The van der Waals surface area contributed by atoms with E-state index >= 15 is 0 Å². The Kier molecular flexibility index (Phi) is 5.44. The number of unbranched alkanes of at least 4 members (excludes halogenated alkanes) is 1. The minimum Gasteiger partial charge on any atom is -0.477 e. The molecule has 1 aromatic carbocycles. The molecule has 1 N–H and O–H groups in total. The molecule has 6 heteroatoms. The molecule has 0 amide bonds. The van der Waals surface area contributed by atoms with Crippen molar-refractivity contribution in [3.05, 3.63) is 39.4 Å². The van der Waals surface area contributed by atoms with Crippen molar-refractivity contribution in [2.24, 2.45) is 0 Å². The number of aromatic carboxylic acids is 1. The van der Waals surface area contributed by atoms with Gasteiger partial charge in [-0.2, -0.15) is 0 Å². The topological polar surface area (TPSA) is 89.7 Å². The summed E-state index contributed by atoms with van der Waals surface area (Å²) in [5.74, 6) is -1.31. The van der Waals surface area contributed by atoms with Crippen LogP contribution in [0.25, 0.3) is 0 Å². The van der Waals surface area contributed by atoms with E-state index in [1.807, 2.05) is 6.92 Å². The lowest BCUT2D eigenvalue weighted by Gasteiger charge is -2.13. The Bertz CT molecular complexity index is 472. The van der Waals surface area contributed by atoms with Crippen molar-refractivity contribution in [2.75, 3.05) is 6.61 Å². The molecule has 1 unspecified atom stereocenters. The fourth-order valence-electron chi connectivity index (χ4n) is 1.63. The van der Waals surface area contributed by atoms with Crippen molar-refractivity contribution < 1.29 is 19.6 Å². The molecule has 0 radical (unpaired) electrons. The lowest BCUT2D eigenvalue weighted by molar-refractivity contribution is -0.385. The van der Waals surface area contributed by atoms with Gasteiger partial charge in [0.05, 0.1) is 11.0 Å². The molecule has 1 aromatic rings. The molecular weight excluding hydrogens is 250 g/mol. The van der Waals surface area contributed by atoms with E-state index in [-0.39, 0.29) is 11.7 Å². The van der Waals surface area contributed by atoms with Gasteiger partial charge in [-0.1, -0.05) is 19.4 Å². The van der Waals surface area contributed by atoms with Crippen LogP contribution in [0.15, 0.2) is 18.2 Å². The van der Waals surface area contributed by atoms with Crippen LogP contribution in [0.2, 0.25) is 0 Å². The Hall–Kier alpha value is -1.95. The number of benzene rings is 1. The summed E-state index contributed by atoms with van der Waals surface area (Å²) in [5.41, 5.74) is -0.113. The lowest BCUT2D eigenvalue weighted by Crippen LogP contribution is -2.06. The number of hydrogen-bond donors (Lipinski definition) is 1. The summed E-state index contributed by atoms with van der Waals surface area (Å²) in [7, 11) is 0. The maximum absolute atomic E-state index is 10.9. The number of nitro groups is 1. The number of carboxylic acids is 1. The summed E-state index contributed by atoms with van der Waals surface area (Å²) < 4.78 is 5.53. The molecule has 19 heavy (non-hydrogen) atoms. The van der Waals surface area contributed by atoms with Gasteiger partial charge in [-0.05, 0) is 25.0 Å². The molecule has 104 valence electrons. The fraction of sp³-hybridized carbons (Fsp3) is 0.462. The largest absolute Gasteiger partial charge is 0.477 e. The Morgan fingerprint density at radius 3 is 2.74 bits per heavy atom. The molecule has 6 nitrogen and oxygen atoms in total. The van der Waals surface area contributed by atoms with E-state index in [0.29, 0.717) is 12.2 Å². The van der Waals surface area contributed by atoms with Crippen molar-refractivity contribution >= 4 is 11.7 Å². The third-order valence-electron chi connectivity index (χ3n) is 2.78. The number of nitro benzene ring substituents is 1. The molecule has 0 fully saturated rings. The molecule has 0 aliphatic rings. The number of hydrogen-bond acceptors (Lipinski definition) is 4. The predicted octanol–water partition coefficient (Wildman–Crippen LogP) is 3.17. The Balaban J connectivity index is 2.95. The van der Waals surface area contributed by atoms with E-state index in [0.717, 1.165) is 12.8 Å². The van der Waals surface area contributed by atoms with Gasteiger partial charge in [0, 0.05) is 12.7 Å². The monoisotopic (exact) mass is 267 g/mol. The number of rotatable bonds is 7. The van der Waals surface area contributed by atoms with Gasteiger partial charge < -0.3 is 9.84 Å². The average Bonchev–Trinajstić information content (AvgIpc) is 2.38. The van der Waals surface area contributed by atoms with Crippen LogP contribution in [-0.2, 0) is 4.74 Å². The Morgan fingerprint density at radius 2 is 2.21 bits per heavy atom. The summed E-state index contributed by atoms with van der Waals surface area (Å²) in [5, 5.41) is 19.7. The van der Waals surface area contributed by atoms with Crippen LogP contribution in [0.3, 0.4) is 0 Å². The predicted molar refractivity (Wildman–Crippen MR) is 69.3 cm³/mol. The first-order chi connectivity index (χ1) is 8.97.